The molecule has 1 atom stereocenters. The Bertz CT molecular complexity index is 433. The van der Waals surface area contributed by atoms with Gasteiger partial charge < -0.3 is 14.9 Å². The molecule has 4 nitrogen and oxygen atoms in total. The Morgan fingerprint density at radius 3 is 2.41 bits per heavy atom. The van der Waals surface area contributed by atoms with Crippen molar-refractivity contribution in [1.82, 2.24) is 0 Å². The summed E-state index contributed by atoms with van der Waals surface area (Å²) in [7, 11) is 0. The lowest BCUT2D eigenvalue weighted by molar-refractivity contribution is -0.275. The van der Waals surface area contributed by atoms with Crippen LogP contribution in [0.3, 0.4) is 0 Å². The van der Waals surface area contributed by atoms with Crippen molar-refractivity contribution in [3.63, 3.8) is 0 Å². The first-order valence-corrected chi connectivity index (χ1v) is 5.24. The zero-order valence-corrected chi connectivity index (χ0v) is 10.2. The molecule has 0 bridgehead atoms. The minimum Gasteiger partial charge on any atom is -0.479 e. The van der Waals surface area contributed by atoms with E-state index in [1.807, 2.05) is 0 Å². The van der Waals surface area contributed by atoms with Crippen molar-refractivity contribution in [2.24, 2.45) is 0 Å². The first-order chi connectivity index (χ1) is 7.70. The number of aliphatic hydroxyl groups is 1. The monoisotopic (exact) mass is 362 g/mol. The average Bonchev–Trinajstić information content (AvgIpc) is 2.18. The number of hydrogen-bond acceptors (Lipinski definition) is 3. The smallest absolute Gasteiger partial charge is 0.479 e. The third-order valence-corrected chi connectivity index (χ3v) is 2.57. The van der Waals surface area contributed by atoms with E-state index in [1.54, 1.807) is 22.6 Å². The highest BCUT2D eigenvalue weighted by Crippen LogP contribution is 2.29. The molecule has 1 unspecified atom stereocenters. The Kier molecular flexibility index (Phi) is 4.20. The maximum absolute atomic E-state index is 11.9. The predicted molar refractivity (Wildman–Crippen MR) is 58.4 cm³/mol. The number of carboxylic acids is 1. The normalized spacial score (nSPS) is 13.2. The number of hydrogen-bond donors (Lipinski definition) is 2. The molecule has 0 aliphatic heterocycles. The molecule has 17 heavy (non-hydrogen) atoms. The van der Waals surface area contributed by atoms with Crippen LogP contribution >= 0.6 is 22.6 Å². The van der Waals surface area contributed by atoms with Crippen LogP contribution in [-0.2, 0) is 4.79 Å². The highest BCUT2D eigenvalue weighted by Gasteiger charge is 2.32. The molecule has 94 valence electrons. The molecule has 0 fully saturated rings. The van der Waals surface area contributed by atoms with Crippen LogP contribution in [0.2, 0.25) is 0 Å². The minimum absolute atomic E-state index is 0.0172. The molecule has 8 heteroatoms. The van der Waals surface area contributed by atoms with Crippen LogP contribution in [0.25, 0.3) is 0 Å². The predicted octanol–water partition coefficient (Wildman–Crippen LogP) is 2.31. The third kappa shape index (κ3) is 4.04. The number of halogens is 4. The third-order valence-electron chi connectivity index (χ3n) is 1.73. The van der Waals surface area contributed by atoms with E-state index in [1.165, 1.54) is 0 Å². The van der Waals surface area contributed by atoms with Gasteiger partial charge in [-0.25, -0.2) is 4.79 Å². The Labute approximate surface area is 107 Å². The standard InChI is InChI=1S/C9H6F3IO4/c10-9(11,12)17-6-2-1-4(3-5(6)13)7(14)8(15)16/h1-3,7,14H,(H,15,16). The van der Waals surface area contributed by atoms with E-state index in [0.29, 0.717) is 0 Å². The molecule has 0 saturated carbocycles. The molecule has 1 aromatic rings. The van der Waals surface area contributed by atoms with Crippen LogP contribution in [0.4, 0.5) is 13.2 Å². The highest BCUT2D eigenvalue weighted by molar-refractivity contribution is 14.1. The largest absolute Gasteiger partial charge is 0.573 e. The fraction of sp³-hybridized carbons (Fsp3) is 0.222. The summed E-state index contributed by atoms with van der Waals surface area (Å²) in [4.78, 5) is 10.5. The van der Waals surface area contributed by atoms with Gasteiger partial charge in [0.15, 0.2) is 6.10 Å². The van der Waals surface area contributed by atoms with Gasteiger partial charge in [0, 0.05) is 0 Å². The molecular formula is C9H6F3IO4. The summed E-state index contributed by atoms with van der Waals surface area (Å²) in [6.45, 7) is 0. The van der Waals surface area contributed by atoms with Gasteiger partial charge in [-0.15, -0.1) is 13.2 Å². The summed E-state index contributed by atoms with van der Waals surface area (Å²) in [6.07, 6.45) is -6.59. The fourth-order valence-corrected chi connectivity index (χ4v) is 1.69. The van der Waals surface area contributed by atoms with Crippen LogP contribution in [0.5, 0.6) is 5.75 Å². The number of aliphatic hydroxyl groups excluding tert-OH is 1. The van der Waals surface area contributed by atoms with Crippen molar-refractivity contribution < 1.29 is 32.9 Å². The highest BCUT2D eigenvalue weighted by atomic mass is 127. The molecular weight excluding hydrogens is 356 g/mol. The van der Waals surface area contributed by atoms with Crippen molar-refractivity contribution in [2.45, 2.75) is 12.5 Å². The summed E-state index contributed by atoms with van der Waals surface area (Å²) in [5.74, 6) is -1.93. The number of aliphatic carboxylic acids is 1. The molecule has 0 aliphatic rings. The van der Waals surface area contributed by atoms with Crippen molar-refractivity contribution >= 4 is 28.6 Å². The lowest BCUT2D eigenvalue weighted by Gasteiger charge is -2.12. The zero-order chi connectivity index (χ0) is 13.2. The van der Waals surface area contributed by atoms with Crippen LogP contribution in [0, 0.1) is 3.57 Å². The van der Waals surface area contributed by atoms with Gasteiger partial charge in [0.2, 0.25) is 0 Å². The molecule has 0 amide bonds. The summed E-state index contributed by atoms with van der Waals surface area (Å²) in [6, 6.07) is 3.12. The number of alkyl halides is 3. The zero-order valence-electron chi connectivity index (χ0n) is 8.03. The van der Waals surface area contributed by atoms with Crippen LogP contribution in [-0.4, -0.2) is 22.5 Å². The molecule has 0 saturated heterocycles. The van der Waals surface area contributed by atoms with Gasteiger partial charge in [-0.1, -0.05) is 6.07 Å². The molecule has 0 aliphatic carbocycles. The lowest BCUT2D eigenvalue weighted by Crippen LogP contribution is -2.18. The van der Waals surface area contributed by atoms with E-state index in [-0.39, 0.29) is 9.13 Å². The number of rotatable bonds is 3. The van der Waals surface area contributed by atoms with Gasteiger partial charge in [-0.2, -0.15) is 0 Å². The van der Waals surface area contributed by atoms with Gasteiger partial charge >= 0.3 is 12.3 Å². The number of benzene rings is 1. The summed E-state index contributed by atoms with van der Waals surface area (Å²) in [5.41, 5.74) is -0.0172. The second-order valence-electron chi connectivity index (χ2n) is 2.98. The van der Waals surface area contributed by atoms with Gasteiger partial charge in [0.25, 0.3) is 0 Å². The van der Waals surface area contributed by atoms with Crippen molar-refractivity contribution in [3.8, 4) is 5.75 Å². The molecule has 0 heterocycles. The Morgan fingerprint density at radius 1 is 1.41 bits per heavy atom. The van der Waals surface area contributed by atoms with E-state index in [9.17, 15) is 23.1 Å². The molecule has 0 radical (unpaired) electrons. The fourth-order valence-electron chi connectivity index (χ4n) is 1.04. The van der Waals surface area contributed by atoms with Crippen molar-refractivity contribution in [2.75, 3.05) is 0 Å². The Balaban J connectivity index is 2.98. The van der Waals surface area contributed by atoms with Crippen LogP contribution in [0.1, 0.15) is 11.7 Å². The summed E-state index contributed by atoms with van der Waals surface area (Å²) < 4.78 is 39.6. The SMILES string of the molecule is O=C(O)C(O)c1ccc(OC(F)(F)F)c(I)c1. The second-order valence-corrected chi connectivity index (χ2v) is 4.14. The van der Waals surface area contributed by atoms with E-state index in [2.05, 4.69) is 4.74 Å². The first-order valence-electron chi connectivity index (χ1n) is 4.17. The molecule has 0 spiro atoms. The lowest BCUT2D eigenvalue weighted by atomic mass is 10.1. The van der Waals surface area contributed by atoms with E-state index >= 15 is 0 Å². The second kappa shape index (κ2) is 5.08. The minimum atomic E-state index is -4.81. The maximum Gasteiger partial charge on any atom is 0.573 e. The van der Waals surface area contributed by atoms with Gasteiger partial charge in [0.1, 0.15) is 5.75 Å². The summed E-state index contributed by atoms with van der Waals surface area (Å²) >= 11 is 1.55. The van der Waals surface area contributed by atoms with Crippen molar-refractivity contribution in [3.05, 3.63) is 27.3 Å². The number of carbonyl (C=O) groups is 1. The van der Waals surface area contributed by atoms with Crippen LogP contribution in [0.15, 0.2) is 18.2 Å². The van der Waals surface area contributed by atoms with E-state index in [4.69, 9.17) is 5.11 Å². The van der Waals surface area contributed by atoms with Gasteiger partial charge in [-0.3, -0.25) is 0 Å². The van der Waals surface area contributed by atoms with Crippen LogP contribution < -0.4 is 4.74 Å². The molecule has 0 aromatic heterocycles. The van der Waals surface area contributed by atoms with E-state index in [0.717, 1.165) is 18.2 Å². The summed E-state index contributed by atoms with van der Waals surface area (Å²) in [5, 5.41) is 17.7. The van der Waals surface area contributed by atoms with E-state index < -0.39 is 24.2 Å². The van der Waals surface area contributed by atoms with Gasteiger partial charge in [0.05, 0.1) is 3.57 Å². The molecule has 1 rings (SSSR count). The topological polar surface area (TPSA) is 66.8 Å². The quantitative estimate of drug-likeness (QED) is 0.810. The number of ether oxygens (including phenoxy) is 1. The molecule has 1 aromatic carbocycles. The maximum atomic E-state index is 11.9. The van der Waals surface area contributed by atoms with Gasteiger partial charge in [-0.05, 0) is 40.3 Å². The molecule has 2 N–H and O–H groups in total. The average molecular weight is 362 g/mol. The van der Waals surface area contributed by atoms with Crippen molar-refractivity contribution in [1.29, 1.82) is 0 Å². The number of carboxylic acid groups (broad SMARTS) is 1. The first kappa shape index (κ1) is 14.0. The Hall–Kier alpha value is -1.03. The Morgan fingerprint density at radius 2 is 2.00 bits per heavy atom.